The molecule has 0 fully saturated rings. The Hall–Kier alpha value is -1.99. The summed E-state index contributed by atoms with van der Waals surface area (Å²) in [5.41, 5.74) is 20.8. The average molecular weight is 531 g/mol. The first-order valence-corrected chi connectivity index (χ1v) is 13.6. The van der Waals surface area contributed by atoms with E-state index in [1.54, 1.807) is 13.8 Å². The van der Waals surface area contributed by atoms with Gasteiger partial charge in [0, 0.05) is 22.3 Å². The fraction of sp³-hybridized carbons (Fsp3) is 0.455. The third kappa shape index (κ3) is 9.15. The van der Waals surface area contributed by atoms with E-state index >= 15 is 0 Å². The van der Waals surface area contributed by atoms with Gasteiger partial charge in [0.15, 0.2) is 0 Å². The quantitative estimate of drug-likeness (QED) is 0.157. The number of allylic oxidation sites excluding steroid dienone is 2. The van der Waals surface area contributed by atoms with Crippen LogP contribution in [0.2, 0.25) is 0 Å². The molecule has 3 rings (SSSR count). The predicted molar refractivity (Wildman–Crippen MR) is 155 cm³/mol. The van der Waals surface area contributed by atoms with E-state index in [9.17, 15) is 5.53 Å². The molecule has 0 atom stereocenters. The van der Waals surface area contributed by atoms with Crippen molar-refractivity contribution in [3.63, 3.8) is 0 Å². The maximum Gasteiger partial charge on any atom is 2.00 e. The second-order valence-electron chi connectivity index (χ2n) is 8.82. The Labute approximate surface area is 232 Å². The van der Waals surface area contributed by atoms with Crippen molar-refractivity contribution in [2.75, 3.05) is 0 Å². The summed E-state index contributed by atoms with van der Waals surface area (Å²) >= 11 is 0. The minimum absolute atomic E-state index is 0. The van der Waals surface area contributed by atoms with Gasteiger partial charge in [-0.3, -0.25) is 0 Å². The molecule has 2 aromatic rings. The first-order chi connectivity index (χ1) is 17.1. The Morgan fingerprint density at radius 3 is 1.53 bits per heavy atom. The zero-order valence-corrected chi connectivity index (χ0v) is 24.6. The number of hydrogen-bond donors (Lipinski definition) is 0. The van der Waals surface area contributed by atoms with Gasteiger partial charge in [0.25, 0.3) is 0 Å². The number of benzene rings is 2. The normalized spacial score (nSPS) is 12.5. The van der Waals surface area contributed by atoms with E-state index in [1.165, 1.54) is 52.7 Å². The fourth-order valence-corrected chi connectivity index (χ4v) is 4.52. The Kier molecular flexibility index (Phi) is 18.1. The van der Waals surface area contributed by atoms with E-state index in [4.69, 9.17) is 0 Å². The minimum Gasteiger partial charge on any atom is -0.493 e. The molecule has 0 saturated heterocycles. The molecular weight excluding hydrogens is 483 g/mol. The Balaban J connectivity index is 0.00000233. The van der Waals surface area contributed by atoms with Crippen LogP contribution in [0.1, 0.15) is 109 Å². The molecule has 1 heterocycles. The van der Waals surface area contributed by atoms with Crippen LogP contribution in [0.15, 0.2) is 59.7 Å². The summed E-state index contributed by atoms with van der Waals surface area (Å²) in [6, 6.07) is 17.5. The second-order valence-corrected chi connectivity index (χ2v) is 8.82. The molecule has 0 amide bonds. The SMILES string of the molecule is CCCCC1=C(c2cccc(CCCC)c2)[N+](=[N-])C(c2cccc(CCCC)c2)=C1C.[CH2-]C.[CH2-]C.[Ni+2]. The van der Waals surface area contributed by atoms with Crippen LogP contribution in [-0.4, -0.2) is 4.70 Å². The van der Waals surface area contributed by atoms with Crippen LogP contribution in [-0.2, 0) is 29.3 Å². The minimum atomic E-state index is 0. The van der Waals surface area contributed by atoms with E-state index in [1.807, 2.05) is 0 Å². The van der Waals surface area contributed by atoms with Gasteiger partial charge in [-0.1, -0.05) is 64.3 Å². The van der Waals surface area contributed by atoms with Gasteiger partial charge in [0.2, 0.25) is 11.4 Å². The maximum atomic E-state index is 11.4. The smallest absolute Gasteiger partial charge is 0.493 e. The summed E-state index contributed by atoms with van der Waals surface area (Å²) in [6.45, 7) is 18.9. The molecular formula is C33H48N2Ni. The summed E-state index contributed by atoms with van der Waals surface area (Å²) in [4.78, 5) is 0. The maximum absolute atomic E-state index is 11.4. The Bertz CT molecular complexity index is 985. The van der Waals surface area contributed by atoms with Crippen molar-refractivity contribution >= 4 is 11.4 Å². The zero-order chi connectivity index (χ0) is 26.2. The van der Waals surface area contributed by atoms with Crippen molar-refractivity contribution in [3.8, 4) is 0 Å². The molecule has 2 aromatic carbocycles. The van der Waals surface area contributed by atoms with Gasteiger partial charge in [-0.15, -0.1) is 0 Å². The summed E-state index contributed by atoms with van der Waals surface area (Å²) in [5, 5.41) is 0. The van der Waals surface area contributed by atoms with Crippen LogP contribution in [0.4, 0.5) is 0 Å². The van der Waals surface area contributed by atoms with Gasteiger partial charge in [0.1, 0.15) is 0 Å². The summed E-state index contributed by atoms with van der Waals surface area (Å²) in [7, 11) is 0. The molecule has 36 heavy (non-hydrogen) atoms. The largest absolute Gasteiger partial charge is 2.00 e. The first-order valence-electron chi connectivity index (χ1n) is 13.6. The number of unbranched alkanes of at least 4 members (excludes halogenated alkanes) is 3. The van der Waals surface area contributed by atoms with Gasteiger partial charge in [-0.25, -0.2) is 4.70 Å². The Morgan fingerprint density at radius 1 is 0.667 bits per heavy atom. The van der Waals surface area contributed by atoms with Crippen molar-refractivity contribution in [1.29, 1.82) is 0 Å². The van der Waals surface area contributed by atoms with Crippen molar-refractivity contribution in [1.82, 2.24) is 0 Å². The summed E-state index contributed by atoms with van der Waals surface area (Å²) < 4.78 is 1.47. The zero-order valence-electron chi connectivity index (χ0n) is 23.6. The van der Waals surface area contributed by atoms with Crippen molar-refractivity contribution in [2.45, 2.75) is 99.3 Å². The van der Waals surface area contributed by atoms with Crippen LogP contribution in [0.25, 0.3) is 16.9 Å². The van der Waals surface area contributed by atoms with Gasteiger partial charge >= 0.3 is 16.5 Å². The van der Waals surface area contributed by atoms with Crippen LogP contribution < -0.4 is 0 Å². The van der Waals surface area contributed by atoms with E-state index < -0.39 is 0 Å². The van der Waals surface area contributed by atoms with E-state index in [0.717, 1.165) is 54.6 Å². The Morgan fingerprint density at radius 2 is 1.08 bits per heavy atom. The molecule has 0 N–H and O–H groups in total. The van der Waals surface area contributed by atoms with Gasteiger partial charge in [-0.2, -0.15) is 13.8 Å². The van der Waals surface area contributed by atoms with E-state index in [2.05, 4.69) is 90.1 Å². The topological polar surface area (TPSA) is 25.3 Å². The molecule has 0 radical (unpaired) electrons. The molecule has 1 aliphatic rings. The molecule has 0 aromatic heterocycles. The molecule has 0 bridgehead atoms. The van der Waals surface area contributed by atoms with Gasteiger partial charge in [-0.05, 0) is 80.8 Å². The first kappa shape index (κ1) is 34.0. The van der Waals surface area contributed by atoms with Crippen LogP contribution >= 0.6 is 0 Å². The molecule has 0 saturated carbocycles. The number of nitrogens with zero attached hydrogens (tertiary/aromatic N) is 2. The van der Waals surface area contributed by atoms with Crippen molar-refractivity contribution in [2.24, 2.45) is 0 Å². The molecule has 200 valence electrons. The van der Waals surface area contributed by atoms with Crippen molar-refractivity contribution < 1.29 is 21.2 Å². The second kappa shape index (κ2) is 19.2. The number of aryl methyl sites for hydroxylation is 2. The van der Waals surface area contributed by atoms with Crippen LogP contribution in [0, 0.1) is 13.8 Å². The van der Waals surface area contributed by atoms with Gasteiger partial charge < -0.3 is 19.4 Å². The fourth-order valence-electron chi connectivity index (χ4n) is 4.52. The number of hydrogen-bond acceptors (Lipinski definition) is 0. The molecule has 1 aliphatic heterocycles. The summed E-state index contributed by atoms with van der Waals surface area (Å²) in [5.74, 6) is 0. The molecule has 3 heteroatoms. The third-order valence-corrected chi connectivity index (χ3v) is 6.34. The third-order valence-electron chi connectivity index (χ3n) is 6.34. The van der Waals surface area contributed by atoms with Gasteiger partial charge in [0.05, 0.1) is 0 Å². The van der Waals surface area contributed by atoms with Crippen LogP contribution in [0.5, 0.6) is 0 Å². The van der Waals surface area contributed by atoms with E-state index in [0.29, 0.717) is 0 Å². The molecule has 0 unspecified atom stereocenters. The summed E-state index contributed by atoms with van der Waals surface area (Å²) in [6.07, 6.45) is 10.2. The molecule has 0 spiro atoms. The van der Waals surface area contributed by atoms with E-state index in [-0.39, 0.29) is 16.5 Å². The molecule has 0 aliphatic carbocycles. The average Bonchev–Trinajstić information content (AvgIpc) is 3.16. The van der Waals surface area contributed by atoms with Crippen molar-refractivity contribution in [3.05, 3.63) is 101 Å². The molecule has 2 nitrogen and oxygen atoms in total. The monoisotopic (exact) mass is 530 g/mol. The predicted octanol–water partition coefficient (Wildman–Crippen LogP) is 10.4. The standard InChI is InChI=1S/C29H38N2.2C2H5.Ni/c1-5-8-13-23-15-11-17-25(20-23)28-22(4)27(19-10-7-3)29(31(28)30)26-18-12-16-24(21-26)14-9-6-2;2*1-2;/h11-12,15-18,20-21H,5-10,13-14,19H2,1-4H3;2*1H2,2H3;/q;2*-1;+2. The number of rotatable bonds is 11. The van der Waals surface area contributed by atoms with Crippen LogP contribution in [0.3, 0.4) is 0 Å².